The Balaban J connectivity index is 2.31. The molecule has 2 aliphatic rings. The number of ketones is 2. The van der Waals surface area contributed by atoms with Gasteiger partial charge in [0.2, 0.25) is 11.6 Å². The van der Waals surface area contributed by atoms with Gasteiger partial charge in [-0.3, -0.25) is 9.59 Å². The zero-order valence-corrected chi connectivity index (χ0v) is 21.6. The number of benzene rings is 1. The normalized spacial score (nSPS) is 20.3. The predicted molar refractivity (Wildman–Crippen MR) is 131 cm³/mol. The van der Waals surface area contributed by atoms with Gasteiger partial charge in [-0.25, -0.2) is 0 Å². The average Bonchev–Trinajstić information content (AvgIpc) is 2.68. The first-order valence-electron chi connectivity index (χ1n) is 7.01. The van der Waals surface area contributed by atoms with Gasteiger partial charge in [0.25, 0.3) is 0 Å². The highest BCUT2D eigenvalue weighted by Gasteiger charge is 2.45. The molecule has 0 unspecified atom stereocenters. The maximum atomic E-state index is 12.7. The largest absolute Gasteiger partial charge is 0.506 e. The van der Waals surface area contributed by atoms with Crippen LogP contribution in [-0.4, -0.2) is 42.2 Å². The third-order valence-electron chi connectivity index (χ3n) is 4.02. The second-order valence-corrected chi connectivity index (χ2v) is 9.82. The molecular weight excluding hydrogens is 828 g/mol. The number of aromatic hydroxyl groups is 3. The molecule has 6 N–H and O–H groups in total. The molecule has 0 bridgehead atoms. The third-order valence-corrected chi connectivity index (χ3v) is 8.09. The molecular formula is C16H6I4O8. The number of carbonyl (C=O) groups excluding carboxylic acids is 2. The number of allylic oxidation sites excluding steroid dienone is 5. The smallest absolute Gasteiger partial charge is 0.207 e. The number of aliphatic hydroxyl groups is 3. The molecule has 0 saturated heterocycles. The molecule has 0 radical (unpaired) electrons. The van der Waals surface area contributed by atoms with Crippen molar-refractivity contribution in [1.29, 1.82) is 0 Å². The Bertz CT molecular complexity index is 1110. The first-order chi connectivity index (χ1) is 12.9. The average molecular weight is 834 g/mol. The molecule has 0 saturated carbocycles. The zero-order chi connectivity index (χ0) is 21.2. The molecule has 0 fully saturated rings. The molecule has 8 nitrogen and oxygen atoms in total. The van der Waals surface area contributed by atoms with Gasteiger partial charge in [-0.1, -0.05) is 0 Å². The lowest BCUT2D eigenvalue weighted by Gasteiger charge is -2.27. The van der Waals surface area contributed by atoms with Crippen LogP contribution in [0, 0.1) is 7.14 Å². The quantitative estimate of drug-likeness (QED) is 0.182. The van der Waals surface area contributed by atoms with E-state index in [4.69, 9.17) is 0 Å². The Morgan fingerprint density at radius 1 is 0.500 bits per heavy atom. The van der Waals surface area contributed by atoms with Crippen LogP contribution in [0.2, 0.25) is 0 Å². The van der Waals surface area contributed by atoms with Crippen LogP contribution in [0.15, 0.2) is 35.6 Å². The maximum Gasteiger partial charge on any atom is 0.207 e. The Morgan fingerprint density at radius 2 is 0.964 bits per heavy atom. The van der Waals surface area contributed by atoms with Gasteiger partial charge in [0.15, 0.2) is 0 Å². The van der Waals surface area contributed by atoms with E-state index in [0.29, 0.717) is 0 Å². The van der Waals surface area contributed by atoms with E-state index < -0.39 is 68.4 Å². The summed E-state index contributed by atoms with van der Waals surface area (Å²) in [5.41, 5.74) is -1.84. The maximum absolute atomic E-state index is 12.7. The molecule has 0 atom stereocenters. The molecule has 0 aromatic heterocycles. The van der Waals surface area contributed by atoms with Crippen LogP contribution in [0.1, 0.15) is 5.56 Å². The fourth-order valence-electron chi connectivity index (χ4n) is 2.63. The van der Waals surface area contributed by atoms with Gasteiger partial charge in [0, 0.05) is 0 Å². The monoisotopic (exact) mass is 834 g/mol. The van der Waals surface area contributed by atoms with E-state index in [0.717, 1.165) is 0 Å². The molecule has 0 spiro atoms. The first kappa shape index (κ1) is 21.9. The van der Waals surface area contributed by atoms with Crippen molar-refractivity contribution in [2.45, 2.75) is 0 Å². The molecule has 2 aliphatic carbocycles. The van der Waals surface area contributed by atoms with E-state index in [1.54, 1.807) is 90.4 Å². The second kappa shape index (κ2) is 7.49. The highest BCUT2D eigenvalue weighted by molar-refractivity contribution is 14.1. The first-order valence-corrected chi connectivity index (χ1v) is 11.3. The standard InChI is InChI=1S/C16H6I4O8/c17-5-11(23)3(12(24)6(18)15(5)27)1-9(21)2(10(1)22)4-13(25)7(19)16(28)8(20)14(4)26/h21,23-25,27-28H/b4-2+. The number of rotatable bonds is 1. The number of Topliss-reactive ketones (excluding diaryl/α,β-unsaturated/α-hetero) is 2. The summed E-state index contributed by atoms with van der Waals surface area (Å²) >= 11 is 6.36. The van der Waals surface area contributed by atoms with E-state index >= 15 is 0 Å². The van der Waals surface area contributed by atoms with Crippen molar-refractivity contribution in [2.24, 2.45) is 0 Å². The summed E-state index contributed by atoms with van der Waals surface area (Å²) < 4.78 is -0.303. The van der Waals surface area contributed by atoms with Crippen molar-refractivity contribution in [2.75, 3.05) is 0 Å². The van der Waals surface area contributed by atoms with Crippen molar-refractivity contribution >= 4 is 108 Å². The summed E-state index contributed by atoms with van der Waals surface area (Å²) in [4.78, 5) is 25.2. The molecule has 0 amide bonds. The van der Waals surface area contributed by atoms with Crippen molar-refractivity contribution < 1.29 is 40.2 Å². The molecule has 0 aliphatic heterocycles. The van der Waals surface area contributed by atoms with Crippen molar-refractivity contribution in [1.82, 2.24) is 0 Å². The van der Waals surface area contributed by atoms with E-state index in [1.807, 2.05) is 0 Å². The predicted octanol–water partition coefficient (Wildman–Crippen LogP) is 4.15. The van der Waals surface area contributed by atoms with Crippen LogP contribution in [0.5, 0.6) is 17.2 Å². The molecule has 12 heteroatoms. The van der Waals surface area contributed by atoms with Gasteiger partial charge >= 0.3 is 0 Å². The van der Waals surface area contributed by atoms with E-state index in [2.05, 4.69) is 0 Å². The third kappa shape index (κ3) is 2.92. The summed E-state index contributed by atoms with van der Waals surface area (Å²) in [5, 5.41) is 60.9. The lowest BCUT2D eigenvalue weighted by molar-refractivity contribution is -0.114. The second-order valence-electron chi connectivity index (χ2n) is 5.51. The van der Waals surface area contributed by atoms with Crippen LogP contribution in [0.25, 0.3) is 5.57 Å². The number of carbonyl (C=O) groups is 2. The van der Waals surface area contributed by atoms with Gasteiger partial charge in [-0.05, 0) is 90.4 Å². The minimum Gasteiger partial charge on any atom is -0.506 e. The van der Waals surface area contributed by atoms with E-state index in [-0.39, 0.29) is 14.3 Å². The summed E-state index contributed by atoms with van der Waals surface area (Å²) in [6, 6.07) is 0. The van der Waals surface area contributed by atoms with E-state index in [9.17, 15) is 40.2 Å². The molecule has 28 heavy (non-hydrogen) atoms. The number of hydrogen-bond donors (Lipinski definition) is 6. The Labute approximate surface area is 210 Å². The minimum atomic E-state index is -0.898. The van der Waals surface area contributed by atoms with Gasteiger partial charge in [-0.15, -0.1) is 0 Å². The number of hydrogen-bond acceptors (Lipinski definition) is 8. The van der Waals surface area contributed by atoms with Gasteiger partial charge < -0.3 is 30.6 Å². The van der Waals surface area contributed by atoms with Gasteiger partial charge in [-0.2, -0.15) is 0 Å². The van der Waals surface area contributed by atoms with Crippen molar-refractivity contribution in [3.05, 3.63) is 48.3 Å². The van der Waals surface area contributed by atoms with Crippen LogP contribution in [-0.2, 0) is 9.59 Å². The summed E-state index contributed by atoms with van der Waals surface area (Å²) in [6.07, 6.45) is 0. The topological polar surface area (TPSA) is 156 Å². The molecule has 146 valence electrons. The summed E-state index contributed by atoms with van der Waals surface area (Å²) in [7, 11) is 0. The van der Waals surface area contributed by atoms with Crippen LogP contribution in [0.3, 0.4) is 0 Å². The molecule has 3 rings (SSSR count). The number of aliphatic hydroxyl groups excluding tert-OH is 3. The van der Waals surface area contributed by atoms with Gasteiger partial charge in [0.05, 0.1) is 33.0 Å². The lowest BCUT2D eigenvalue weighted by atomic mass is 9.78. The number of phenolic OH excluding ortho intramolecular Hbond substituents is 3. The fraction of sp³-hybridized carbons (Fsp3) is 0. The van der Waals surface area contributed by atoms with E-state index in [1.165, 1.54) is 0 Å². The van der Waals surface area contributed by atoms with Crippen molar-refractivity contribution in [3.8, 4) is 17.2 Å². The highest BCUT2D eigenvalue weighted by Crippen LogP contribution is 2.52. The SMILES string of the molecule is O=C1C(I)=C(O)C(I)=C(O)/C1=C1\C(=O)C(c2c(O)c(I)c(O)c(I)c2O)=C1O. The Kier molecular flexibility index (Phi) is 5.87. The summed E-state index contributed by atoms with van der Waals surface area (Å²) in [6.45, 7) is 0. The van der Waals surface area contributed by atoms with Gasteiger partial charge in [0.1, 0.15) is 38.1 Å². The highest BCUT2D eigenvalue weighted by atomic mass is 127. The Hall–Kier alpha value is -0.760. The van der Waals surface area contributed by atoms with Crippen LogP contribution in [0.4, 0.5) is 0 Å². The molecule has 0 heterocycles. The molecule has 1 aromatic rings. The number of halogens is 4. The zero-order valence-electron chi connectivity index (χ0n) is 13.0. The summed E-state index contributed by atoms with van der Waals surface area (Å²) in [5.74, 6) is -5.20. The lowest BCUT2D eigenvalue weighted by Crippen LogP contribution is -2.28. The minimum absolute atomic E-state index is 0.0440. The molecule has 1 aromatic carbocycles. The van der Waals surface area contributed by atoms with Crippen LogP contribution >= 0.6 is 90.4 Å². The Morgan fingerprint density at radius 3 is 1.43 bits per heavy atom. The fourth-order valence-corrected chi connectivity index (χ4v) is 5.82. The van der Waals surface area contributed by atoms with Crippen LogP contribution < -0.4 is 0 Å². The van der Waals surface area contributed by atoms with Crippen molar-refractivity contribution in [3.63, 3.8) is 0 Å². The number of phenols is 3.